The first kappa shape index (κ1) is 10.7. The third-order valence-electron chi connectivity index (χ3n) is 2.34. The van der Waals surface area contributed by atoms with Gasteiger partial charge in [0.25, 0.3) is 0 Å². The van der Waals surface area contributed by atoms with E-state index in [2.05, 4.69) is 22.4 Å². The first-order chi connectivity index (χ1) is 6.04. The van der Waals surface area contributed by atoms with Crippen molar-refractivity contribution in [3.63, 3.8) is 0 Å². The molecule has 0 heterocycles. The van der Waals surface area contributed by atoms with Crippen molar-refractivity contribution in [3.05, 3.63) is 0 Å². The number of halogens is 3. The lowest BCUT2D eigenvalue weighted by atomic mass is 9.85. The average Bonchev–Trinajstić information content (AvgIpc) is 2.04. The maximum absolute atomic E-state index is 12.3. The second kappa shape index (κ2) is 4.20. The van der Waals surface area contributed by atoms with Gasteiger partial charge in [-0.3, -0.25) is 0 Å². The summed E-state index contributed by atoms with van der Waals surface area (Å²) in [5.74, 6) is -1.20. The molecule has 0 aromatic rings. The Morgan fingerprint density at radius 2 is 2.00 bits per heavy atom. The van der Waals surface area contributed by atoms with Crippen LogP contribution < -0.4 is 0 Å². The van der Waals surface area contributed by atoms with Crippen LogP contribution in [0.5, 0.6) is 0 Å². The fraction of sp³-hybridized carbons (Fsp3) is 0.875. The third kappa shape index (κ3) is 3.08. The van der Waals surface area contributed by atoms with Crippen molar-refractivity contribution in [1.82, 2.24) is 0 Å². The van der Waals surface area contributed by atoms with Crippen LogP contribution >= 0.6 is 12.2 Å². The van der Waals surface area contributed by atoms with E-state index in [0.29, 0.717) is 12.8 Å². The summed E-state index contributed by atoms with van der Waals surface area (Å²) < 4.78 is 36.8. The van der Waals surface area contributed by atoms with Gasteiger partial charge in [-0.05, 0) is 31.5 Å². The van der Waals surface area contributed by atoms with E-state index < -0.39 is 12.1 Å². The molecule has 1 aliphatic carbocycles. The molecule has 0 aromatic carbocycles. The fourth-order valence-electron chi connectivity index (χ4n) is 1.65. The molecule has 0 spiro atoms. The molecule has 0 amide bonds. The summed E-state index contributed by atoms with van der Waals surface area (Å²) in [4.78, 5) is 3.71. The summed E-state index contributed by atoms with van der Waals surface area (Å²) in [7, 11) is 0. The van der Waals surface area contributed by atoms with Crippen molar-refractivity contribution >= 4 is 17.4 Å². The van der Waals surface area contributed by atoms with Gasteiger partial charge in [0.2, 0.25) is 0 Å². The number of thiocarbonyl (C=S) groups is 1. The number of alkyl halides is 3. The van der Waals surface area contributed by atoms with Gasteiger partial charge >= 0.3 is 6.18 Å². The standard InChI is InChI=1S/C8H10F3NS/c9-8(10,11)6-2-1-3-7(4-6)12-5-13/h6-7H,1-4H2. The lowest BCUT2D eigenvalue weighted by Gasteiger charge is -2.27. The van der Waals surface area contributed by atoms with Crippen molar-refractivity contribution in [2.45, 2.75) is 37.9 Å². The maximum Gasteiger partial charge on any atom is 0.391 e. The molecule has 1 rings (SSSR count). The zero-order valence-corrected chi connectivity index (χ0v) is 7.79. The molecule has 0 radical (unpaired) electrons. The van der Waals surface area contributed by atoms with E-state index >= 15 is 0 Å². The molecule has 0 N–H and O–H groups in total. The lowest BCUT2D eigenvalue weighted by molar-refractivity contribution is -0.182. The van der Waals surface area contributed by atoms with Crippen LogP contribution in [0.15, 0.2) is 4.99 Å². The molecule has 74 valence electrons. The molecular weight excluding hydrogens is 199 g/mol. The van der Waals surface area contributed by atoms with Gasteiger partial charge in [0.15, 0.2) is 0 Å². The molecule has 0 aliphatic heterocycles. The largest absolute Gasteiger partial charge is 0.391 e. The summed E-state index contributed by atoms with van der Waals surface area (Å²) in [5.41, 5.74) is 0. The second-order valence-electron chi connectivity index (χ2n) is 3.28. The predicted octanol–water partition coefficient (Wildman–Crippen LogP) is 3.21. The minimum atomic E-state index is -4.07. The van der Waals surface area contributed by atoms with Crippen molar-refractivity contribution in [2.24, 2.45) is 10.9 Å². The molecule has 1 aliphatic rings. The van der Waals surface area contributed by atoms with E-state index in [-0.39, 0.29) is 18.9 Å². The highest BCUT2D eigenvalue weighted by Gasteiger charge is 2.42. The Morgan fingerprint density at radius 1 is 1.31 bits per heavy atom. The molecule has 13 heavy (non-hydrogen) atoms. The van der Waals surface area contributed by atoms with Gasteiger partial charge < -0.3 is 0 Å². The van der Waals surface area contributed by atoms with E-state index in [4.69, 9.17) is 0 Å². The normalized spacial score (nSPS) is 29.5. The molecule has 0 saturated heterocycles. The minimum absolute atomic E-state index is 0.0765. The SMILES string of the molecule is FC(F)(F)C1CCCC(N=C=S)C1. The Kier molecular flexibility index (Phi) is 3.45. The summed E-state index contributed by atoms with van der Waals surface area (Å²) in [6, 6.07) is -0.266. The summed E-state index contributed by atoms with van der Waals surface area (Å²) in [6.45, 7) is 0. The number of hydrogen-bond acceptors (Lipinski definition) is 2. The Morgan fingerprint density at radius 3 is 2.54 bits per heavy atom. The monoisotopic (exact) mass is 209 g/mol. The second-order valence-corrected chi connectivity index (χ2v) is 3.46. The van der Waals surface area contributed by atoms with Crippen molar-refractivity contribution < 1.29 is 13.2 Å². The minimum Gasteiger partial charge on any atom is -0.229 e. The van der Waals surface area contributed by atoms with Gasteiger partial charge in [-0.25, -0.2) is 4.99 Å². The molecule has 2 atom stereocenters. The fourth-order valence-corrected chi connectivity index (χ4v) is 1.80. The van der Waals surface area contributed by atoms with Gasteiger partial charge in [0, 0.05) is 0 Å². The molecule has 0 aromatic heterocycles. The first-order valence-electron chi connectivity index (χ1n) is 4.17. The smallest absolute Gasteiger partial charge is 0.229 e. The van der Waals surface area contributed by atoms with Crippen LogP contribution in [0.4, 0.5) is 13.2 Å². The quantitative estimate of drug-likeness (QED) is 0.477. The zero-order valence-electron chi connectivity index (χ0n) is 6.97. The van der Waals surface area contributed by atoms with Crippen molar-refractivity contribution in [3.8, 4) is 0 Å². The van der Waals surface area contributed by atoms with Crippen LogP contribution in [0.3, 0.4) is 0 Å². The number of aliphatic imine (C=N–C) groups is 1. The maximum atomic E-state index is 12.3. The van der Waals surface area contributed by atoms with Crippen LogP contribution in [-0.2, 0) is 0 Å². The Bertz CT molecular complexity index is 220. The van der Waals surface area contributed by atoms with Crippen LogP contribution in [0, 0.1) is 5.92 Å². The van der Waals surface area contributed by atoms with Crippen LogP contribution in [0.2, 0.25) is 0 Å². The van der Waals surface area contributed by atoms with Crippen LogP contribution in [-0.4, -0.2) is 17.4 Å². The predicted molar refractivity (Wildman–Crippen MR) is 46.8 cm³/mol. The summed E-state index contributed by atoms with van der Waals surface area (Å²) in [5, 5.41) is 2.15. The van der Waals surface area contributed by atoms with Crippen molar-refractivity contribution in [2.75, 3.05) is 0 Å². The van der Waals surface area contributed by atoms with Gasteiger partial charge in [-0.1, -0.05) is 6.42 Å². The highest BCUT2D eigenvalue weighted by Crippen LogP contribution is 2.38. The van der Waals surface area contributed by atoms with Gasteiger partial charge in [-0.15, -0.1) is 0 Å². The Labute approximate surface area is 80.0 Å². The highest BCUT2D eigenvalue weighted by atomic mass is 32.1. The number of nitrogens with zero attached hydrogens (tertiary/aromatic N) is 1. The van der Waals surface area contributed by atoms with E-state index in [1.165, 1.54) is 0 Å². The zero-order chi connectivity index (χ0) is 9.90. The van der Waals surface area contributed by atoms with Crippen molar-refractivity contribution in [1.29, 1.82) is 0 Å². The summed E-state index contributed by atoms with van der Waals surface area (Å²) in [6.07, 6.45) is -2.48. The van der Waals surface area contributed by atoms with E-state index in [0.717, 1.165) is 0 Å². The van der Waals surface area contributed by atoms with Gasteiger partial charge in [0.1, 0.15) is 0 Å². The molecular formula is C8H10F3NS. The average molecular weight is 209 g/mol. The van der Waals surface area contributed by atoms with E-state index in [1.807, 2.05) is 0 Å². The van der Waals surface area contributed by atoms with Crippen LogP contribution in [0.25, 0.3) is 0 Å². The number of rotatable bonds is 1. The highest BCUT2D eigenvalue weighted by molar-refractivity contribution is 7.78. The number of isothiocyanates is 1. The van der Waals surface area contributed by atoms with E-state index in [1.54, 1.807) is 0 Å². The molecule has 1 fully saturated rings. The third-order valence-corrected chi connectivity index (χ3v) is 2.45. The topological polar surface area (TPSA) is 12.4 Å². The first-order valence-corrected chi connectivity index (χ1v) is 4.58. The van der Waals surface area contributed by atoms with Gasteiger partial charge in [0.05, 0.1) is 17.1 Å². The molecule has 1 nitrogen and oxygen atoms in total. The van der Waals surface area contributed by atoms with Gasteiger partial charge in [-0.2, -0.15) is 13.2 Å². The molecule has 2 unspecified atom stereocenters. The Balaban J connectivity index is 2.56. The molecule has 1 saturated carbocycles. The Hall–Kier alpha value is -0.410. The lowest BCUT2D eigenvalue weighted by Crippen LogP contribution is -2.30. The molecule has 5 heteroatoms. The molecule has 0 bridgehead atoms. The number of hydrogen-bond donors (Lipinski definition) is 0. The summed E-state index contributed by atoms with van der Waals surface area (Å²) >= 11 is 4.37. The van der Waals surface area contributed by atoms with Crippen LogP contribution in [0.1, 0.15) is 25.7 Å². The van der Waals surface area contributed by atoms with E-state index in [9.17, 15) is 13.2 Å².